The summed E-state index contributed by atoms with van der Waals surface area (Å²) in [6, 6.07) is 0. The molecule has 0 saturated heterocycles. The molecule has 0 unspecified atom stereocenters. The first-order chi connectivity index (χ1) is 9.26. The second-order valence-corrected chi connectivity index (χ2v) is 7.58. The molecule has 0 spiro atoms. The smallest absolute Gasteiger partial charge is 0.870 e. The Labute approximate surface area is 160 Å². The van der Waals surface area contributed by atoms with Crippen LogP contribution in [0, 0.1) is 0 Å². The van der Waals surface area contributed by atoms with Gasteiger partial charge in [0.2, 0.25) is 0 Å². The zero-order valence-electron chi connectivity index (χ0n) is 15.3. The van der Waals surface area contributed by atoms with Crippen LogP contribution >= 0.6 is 24.4 Å². The van der Waals surface area contributed by atoms with Gasteiger partial charge in [-0.25, -0.2) is 0 Å². The van der Waals surface area contributed by atoms with E-state index in [4.69, 9.17) is 9.47 Å². The van der Waals surface area contributed by atoms with Crippen molar-refractivity contribution in [3.05, 3.63) is 0 Å². The predicted molar refractivity (Wildman–Crippen MR) is 90.6 cm³/mol. The maximum Gasteiger partial charge on any atom is 1.00 e. The van der Waals surface area contributed by atoms with Crippen molar-refractivity contribution < 1.29 is 48.2 Å². The Hall–Kier alpha value is -0.133. The molecule has 0 aromatic rings. The molecule has 0 radical (unpaired) electrons. The number of esters is 2. The molecule has 0 aromatic carbocycles. The monoisotopic (exact) mass is 362 g/mol. The van der Waals surface area contributed by atoms with Crippen molar-refractivity contribution in [3.63, 3.8) is 0 Å². The Morgan fingerprint density at radius 1 is 0.913 bits per heavy atom. The minimum atomic E-state index is -0.464. The summed E-state index contributed by atoms with van der Waals surface area (Å²) < 4.78 is 9.85. The zero-order valence-corrected chi connectivity index (χ0v) is 17.0. The van der Waals surface area contributed by atoms with Gasteiger partial charge >= 0.3 is 30.8 Å². The number of carbonyl (C=O) groups excluding carboxylic acids is 3. The van der Waals surface area contributed by atoms with E-state index in [9.17, 15) is 14.4 Å². The average molecular weight is 362 g/mol. The molecular formula is C14H27LiO6S2. The summed E-state index contributed by atoms with van der Waals surface area (Å²) in [6.07, 6.45) is 0. The maximum atomic E-state index is 11.0. The first kappa shape index (κ1) is 30.7. The number of thioether (sulfide) groups is 1. The van der Waals surface area contributed by atoms with Crippen molar-refractivity contribution in [3.8, 4) is 0 Å². The molecule has 0 rings (SSSR count). The summed E-state index contributed by atoms with van der Waals surface area (Å²) in [7, 11) is 0. The normalized spacial score (nSPS) is 10.1. The second kappa shape index (κ2) is 14.2. The Morgan fingerprint density at radius 2 is 1.26 bits per heavy atom. The Bertz CT molecular complexity index is 361. The van der Waals surface area contributed by atoms with Gasteiger partial charge in [-0.1, -0.05) is 11.8 Å². The van der Waals surface area contributed by atoms with Crippen molar-refractivity contribution in [2.45, 2.75) is 59.7 Å². The van der Waals surface area contributed by atoms with Gasteiger partial charge in [0.05, 0.1) is 11.5 Å². The zero-order chi connectivity index (χ0) is 17.3. The third-order valence-electron chi connectivity index (χ3n) is 1.36. The number of rotatable bonds is 3. The van der Waals surface area contributed by atoms with Crippen LogP contribution in [0.2, 0.25) is 0 Å². The summed E-state index contributed by atoms with van der Waals surface area (Å²) in [6.45, 7) is 12.3. The number of hydrogen-bond acceptors (Lipinski definition) is 8. The van der Waals surface area contributed by atoms with Gasteiger partial charge in [-0.2, -0.15) is 12.6 Å². The van der Waals surface area contributed by atoms with E-state index in [0.717, 1.165) is 11.8 Å². The third-order valence-corrected chi connectivity index (χ3v) is 2.41. The van der Waals surface area contributed by atoms with Crippen LogP contribution in [0.5, 0.6) is 0 Å². The summed E-state index contributed by atoms with van der Waals surface area (Å²) in [5.41, 5.74) is -0.839. The number of hydrogen-bond donors (Lipinski definition) is 1. The van der Waals surface area contributed by atoms with Gasteiger partial charge < -0.3 is 14.9 Å². The van der Waals surface area contributed by atoms with E-state index in [1.165, 1.54) is 6.92 Å². The van der Waals surface area contributed by atoms with Crippen LogP contribution in [-0.2, 0) is 23.9 Å². The Balaban J connectivity index is -0.000000149. The van der Waals surface area contributed by atoms with Crippen molar-refractivity contribution >= 4 is 41.4 Å². The molecule has 0 aliphatic rings. The van der Waals surface area contributed by atoms with E-state index in [0.29, 0.717) is 0 Å². The number of carbonyl (C=O) groups is 3. The third kappa shape index (κ3) is 30.3. The molecule has 23 heavy (non-hydrogen) atoms. The van der Waals surface area contributed by atoms with E-state index in [-0.39, 0.29) is 58.5 Å². The summed E-state index contributed by atoms with van der Waals surface area (Å²) >= 11 is 4.72. The number of ether oxygens (including phenoxy) is 2. The fourth-order valence-corrected chi connectivity index (χ4v) is 1.35. The Kier molecular flexibility index (Phi) is 19.0. The molecular weight excluding hydrogens is 335 g/mol. The fraction of sp³-hybridized carbons (Fsp3) is 0.786. The van der Waals surface area contributed by atoms with Gasteiger partial charge in [-0.15, -0.1) is 0 Å². The standard InChI is InChI=1S/C8H14O3S.C6H12O2S.Li.H2O/c1-6(9)12-5-7(10)11-8(2,3)4;1-6(2,3)8-5(7)4-9;;/h5H2,1-4H3;9H,4H2,1-3H3;;1H2/q;;+1;/p-1. The Morgan fingerprint density at radius 3 is 1.48 bits per heavy atom. The maximum absolute atomic E-state index is 11.0. The van der Waals surface area contributed by atoms with Gasteiger partial charge in [-0.3, -0.25) is 14.4 Å². The van der Waals surface area contributed by atoms with Crippen LogP contribution in [0.3, 0.4) is 0 Å². The molecule has 0 amide bonds. The molecule has 9 heteroatoms. The summed E-state index contributed by atoms with van der Waals surface area (Å²) in [5, 5.41) is -0.0686. The molecule has 0 bridgehead atoms. The van der Waals surface area contributed by atoms with Crippen molar-refractivity contribution in [2.24, 2.45) is 0 Å². The average Bonchev–Trinajstić information content (AvgIpc) is 2.22. The van der Waals surface area contributed by atoms with Crippen LogP contribution in [0.15, 0.2) is 0 Å². The topological polar surface area (TPSA) is 99.7 Å². The van der Waals surface area contributed by atoms with E-state index in [1.54, 1.807) is 20.8 Å². The van der Waals surface area contributed by atoms with E-state index in [1.807, 2.05) is 20.8 Å². The van der Waals surface area contributed by atoms with Gasteiger partial charge in [-0.05, 0) is 41.5 Å². The minimum Gasteiger partial charge on any atom is -0.870 e. The molecule has 0 heterocycles. The van der Waals surface area contributed by atoms with Crippen molar-refractivity contribution in [1.29, 1.82) is 0 Å². The summed E-state index contributed by atoms with van der Waals surface area (Å²) in [5.74, 6) is -0.363. The molecule has 6 nitrogen and oxygen atoms in total. The van der Waals surface area contributed by atoms with Gasteiger partial charge in [0.25, 0.3) is 0 Å². The van der Waals surface area contributed by atoms with E-state index >= 15 is 0 Å². The largest absolute Gasteiger partial charge is 1.00 e. The quantitative estimate of drug-likeness (QED) is 0.418. The molecule has 0 aliphatic heterocycles. The fourth-order valence-electron chi connectivity index (χ4n) is 0.905. The minimum absolute atomic E-state index is 0. The van der Waals surface area contributed by atoms with E-state index < -0.39 is 5.60 Å². The van der Waals surface area contributed by atoms with Crippen molar-refractivity contribution in [2.75, 3.05) is 11.5 Å². The first-order valence-corrected chi connectivity index (χ1v) is 8.06. The van der Waals surface area contributed by atoms with Crippen LogP contribution in [0.4, 0.5) is 0 Å². The summed E-state index contributed by atoms with van der Waals surface area (Å²) in [4.78, 5) is 32.0. The number of thiol groups is 1. The molecule has 0 atom stereocenters. The SMILES string of the molecule is CC(=O)SCC(=O)OC(C)(C)C.CC(C)(C)OC(=O)CS.[Li+].[OH-]. The molecule has 0 aliphatic carbocycles. The molecule has 0 fully saturated rings. The predicted octanol–water partition coefficient (Wildman–Crippen LogP) is -0.307. The molecule has 1 N–H and O–H groups in total. The molecule has 132 valence electrons. The second-order valence-electron chi connectivity index (χ2n) is 6.11. The van der Waals surface area contributed by atoms with Crippen LogP contribution in [0.1, 0.15) is 48.5 Å². The van der Waals surface area contributed by atoms with Crippen LogP contribution in [0.25, 0.3) is 0 Å². The van der Waals surface area contributed by atoms with Gasteiger partial charge in [0.15, 0.2) is 5.12 Å². The molecule has 0 aromatic heterocycles. The van der Waals surface area contributed by atoms with Crippen molar-refractivity contribution in [1.82, 2.24) is 0 Å². The molecule has 0 saturated carbocycles. The van der Waals surface area contributed by atoms with Gasteiger partial charge in [0, 0.05) is 6.92 Å². The van der Waals surface area contributed by atoms with Crippen LogP contribution < -0.4 is 18.9 Å². The van der Waals surface area contributed by atoms with E-state index in [2.05, 4.69) is 12.6 Å². The van der Waals surface area contributed by atoms with Gasteiger partial charge in [0.1, 0.15) is 11.2 Å². The van der Waals surface area contributed by atoms with Crippen LogP contribution in [-0.4, -0.2) is 45.2 Å². The first-order valence-electron chi connectivity index (χ1n) is 6.45.